The van der Waals surface area contributed by atoms with E-state index >= 15 is 0 Å². The molecule has 0 fully saturated rings. The summed E-state index contributed by atoms with van der Waals surface area (Å²) in [6.07, 6.45) is 7.42. The fourth-order valence-corrected chi connectivity index (χ4v) is 0.942. The van der Waals surface area contributed by atoms with E-state index in [0.29, 0.717) is 6.54 Å². The minimum atomic E-state index is -0.278. The van der Waals surface area contributed by atoms with Crippen LogP contribution in [0.25, 0.3) is 0 Å². The highest BCUT2D eigenvalue weighted by Gasteiger charge is 2.00. The van der Waals surface area contributed by atoms with E-state index in [-0.39, 0.29) is 6.29 Å². The monoisotopic (exact) mass is 223 g/mol. The highest BCUT2D eigenvalue weighted by atomic mass is 16.7. The predicted octanol–water partition coefficient (Wildman–Crippen LogP) is 2.75. The zero-order chi connectivity index (χ0) is 12.4. The molecular weight excluding hydrogens is 202 g/mol. The van der Waals surface area contributed by atoms with Gasteiger partial charge in [0.15, 0.2) is 6.29 Å². The summed E-state index contributed by atoms with van der Waals surface area (Å²) >= 11 is 0. The average molecular weight is 223 g/mol. The van der Waals surface area contributed by atoms with Gasteiger partial charge in [0.05, 0.1) is 6.54 Å². The Balaban J connectivity index is 4.23. The first-order valence-electron chi connectivity index (χ1n) is 5.19. The van der Waals surface area contributed by atoms with E-state index in [1.165, 1.54) is 0 Å². The van der Waals surface area contributed by atoms with Gasteiger partial charge in [0.1, 0.15) is 0 Å². The third-order valence-electron chi connectivity index (χ3n) is 1.91. The van der Waals surface area contributed by atoms with Gasteiger partial charge < -0.3 is 9.47 Å². The number of allylic oxidation sites excluding steroid dienone is 5. The molecule has 0 aliphatic heterocycles. The lowest BCUT2D eigenvalue weighted by molar-refractivity contribution is -0.0936. The first kappa shape index (κ1) is 14.8. The Kier molecular flexibility index (Phi) is 8.39. The molecule has 0 atom stereocenters. The second-order valence-electron chi connectivity index (χ2n) is 3.36. The van der Waals surface area contributed by atoms with Gasteiger partial charge >= 0.3 is 0 Å². The lowest BCUT2D eigenvalue weighted by Crippen LogP contribution is -2.16. The summed E-state index contributed by atoms with van der Waals surface area (Å²) in [5, 5.41) is 0. The van der Waals surface area contributed by atoms with E-state index in [9.17, 15) is 0 Å². The van der Waals surface area contributed by atoms with E-state index in [4.69, 9.17) is 9.47 Å². The second-order valence-corrected chi connectivity index (χ2v) is 3.36. The van der Waals surface area contributed by atoms with Crippen molar-refractivity contribution < 1.29 is 9.47 Å². The standard InChI is InChI=1S/C13H21NO2/c1-6-12(8-7-11(2)3)9-14-10-13(15-4)16-5/h6-9,13H,2,10H2,1,3-5H3/b8-7-,12-6+,14-9+. The summed E-state index contributed by atoms with van der Waals surface area (Å²) in [5.74, 6) is 0. The molecule has 0 bridgehead atoms. The van der Waals surface area contributed by atoms with Crippen molar-refractivity contribution in [3.8, 4) is 0 Å². The minimum absolute atomic E-state index is 0.278. The number of hydrogen-bond donors (Lipinski definition) is 0. The van der Waals surface area contributed by atoms with Crippen molar-refractivity contribution in [2.24, 2.45) is 4.99 Å². The van der Waals surface area contributed by atoms with E-state index < -0.39 is 0 Å². The molecule has 0 unspecified atom stereocenters. The van der Waals surface area contributed by atoms with Crippen LogP contribution in [0.3, 0.4) is 0 Å². The fraction of sp³-hybridized carbons (Fsp3) is 0.462. The molecule has 0 spiro atoms. The average Bonchev–Trinajstić information content (AvgIpc) is 2.28. The number of rotatable bonds is 7. The topological polar surface area (TPSA) is 30.8 Å². The summed E-state index contributed by atoms with van der Waals surface area (Å²) in [4.78, 5) is 4.24. The zero-order valence-electron chi connectivity index (χ0n) is 10.6. The van der Waals surface area contributed by atoms with Crippen LogP contribution in [0.1, 0.15) is 13.8 Å². The third kappa shape index (κ3) is 7.15. The van der Waals surface area contributed by atoms with Crippen LogP contribution in [0.15, 0.2) is 40.9 Å². The Morgan fingerprint density at radius 2 is 1.94 bits per heavy atom. The van der Waals surface area contributed by atoms with Crippen LogP contribution in [0.4, 0.5) is 0 Å². The molecule has 0 aliphatic carbocycles. The molecular formula is C13H21NO2. The van der Waals surface area contributed by atoms with Crippen molar-refractivity contribution in [1.82, 2.24) is 0 Å². The molecule has 0 radical (unpaired) electrons. The van der Waals surface area contributed by atoms with Gasteiger partial charge in [-0.1, -0.05) is 30.4 Å². The molecule has 0 N–H and O–H groups in total. The van der Waals surface area contributed by atoms with Crippen LogP contribution in [0.5, 0.6) is 0 Å². The van der Waals surface area contributed by atoms with Gasteiger partial charge in [-0.05, 0) is 19.4 Å². The first-order valence-corrected chi connectivity index (χ1v) is 5.19. The molecule has 16 heavy (non-hydrogen) atoms. The first-order chi connectivity index (χ1) is 7.63. The Morgan fingerprint density at radius 3 is 2.38 bits per heavy atom. The van der Waals surface area contributed by atoms with Crippen LogP contribution in [-0.2, 0) is 9.47 Å². The second kappa shape index (κ2) is 9.07. The SMILES string of the molecule is C=C(C)\C=C/C(/C=N/CC(OC)OC)=C\C. The molecule has 0 heterocycles. The van der Waals surface area contributed by atoms with Crippen LogP contribution in [-0.4, -0.2) is 33.3 Å². The molecule has 0 saturated heterocycles. The van der Waals surface area contributed by atoms with Crippen LogP contribution < -0.4 is 0 Å². The molecule has 3 nitrogen and oxygen atoms in total. The molecule has 0 saturated carbocycles. The lowest BCUT2D eigenvalue weighted by atomic mass is 10.2. The van der Waals surface area contributed by atoms with Gasteiger partial charge in [-0.3, -0.25) is 4.99 Å². The van der Waals surface area contributed by atoms with Crippen molar-refractivity contribution in [3.05, 3.63) is 36.0 Å². The molecule has 3 heteroatoms. The maximum atomic E-state index is 5.03. The fourth-order valence-electron chi connectivity index (χ4n) is 0.942. The summed E-state index contributed by atoms with van der Waals surface area (Å²) in [6.45, 7) is 8.21. The number of ether oxygens (including phenoxy) is 2. The van der Waals surface area contributed by atoms with Crippen molar-refractivity contribution in [2.75, 3.05) is 20.8 Å². The van der Waals surface area contributed by atoms with Crippen LogP contribution >= 0.6 is 0 Å². The van der Waals surface area contributed by atoms with Gasteiger partial charge in [-0.25, -0.2) is 0 Å². The smallest absolute Gasteiger partial charge is 0.176 e. The van der Waals surface area contributed by atoms with E-state index in [0.717, 1.165) is 11.1 Å². The van der Waals surface area contributed by atoms with Crippen molar-refractivity contribution >= 4 is 6.21 Å². The number of nitrogens with zero attached hydrogens (tertiary/aromatic N) is 1. The van der Waals surface area contributed by atoms with E-state index in [1.807, 2.05) is 32.1 Å². The zero-order valence-corrected chi connectivity index (χ0v) is 10.6. The molecule has 90 valence electrons. The summed E-state index contributed by atoms with van der Waals surface area (Å²) in [7, 11) is 3.20. The summed E-state index contributed by atoms with van der Waals surface area (Å²) in [5.41, 5.74) is 2.05. The maximum Gasteiger partial charge on any atom is 0.176 e. The largest absolute Gasteiger partial charge is 0.354 e. The normalized spacial score (nSPS) is 13.2. The lowest BCUT2D eigenvalue weighted by Gasteiger charge is -2.09. The Bertz CT molecular complexity index is 286. The Labute approximate surface area is 98.2 Å². The van der Waals surface area contributed by atoms with E-state index in [2.05, 4.69) is 11.6 Å². The van der Waals surface area contributed by atoms with Crippen LogP contribution in [0, 0.1) is 0 Å². The quantitative estimate of drug-likeness (QED) is 0.377. The van der Waals surface area contributed by atoms with E-state index in [1.54, 1.807) is 20.4 Å². The molecule has 0 aromatic rings. The van der Waals surface area contributed by atoms with Gasteiger partial charge in [-0.15, -0.1) is 0 Å². The van der Waals surface area contributed by atoms with Gasteiger partial charge in [0.2, 0.25) is 0 Å². The minimum Gasteiger partial charge on any atom is -0.354 e. The summed E-state index contributed by atoms with van der Waals surface area (Å²) < 4.78 is 10.1. The predicted molar refractivity (Wildman–Crippen MR) is 68.9 cm³/mol. The van der Waals surface area contributed by atoms with Gasteiger partial charge in [0, 0.05) is 20.4 Å². The number of aliphatic imine (C=N–C) groups is 1. The summed E-state index contributed by atoms with van der Waals surface area (Å²) in [6, 6.07) is 0. The highest BCUT2D eigenvalue weighted by Crippen LogP contribution is 1.98. The Morgan fingerprint density at radius 1 is 1.31 bits per heavy atom. The van der Waals surface area contributed by atoms with Crippen molar-refractivity contribution in [3.63, 3.8) is 0 Å². The maximum absolute atomic E-state index is 5.03. The highest BCUT2D eigenvalue weighted by molar-refractivity contribution is 5.82. The molecule has 0 aromatic carbocycles. The van der Waals surface area contributed by atoms with Gasteiger partial charge in [0.25, 0.3) is 0 Å². The number of hydrogen-bond acceptors (Lipinski definition) is 3. The van der Waals surface area contributed by atoms with Crippen molar-refractivity contribution in [2.45, 2.75) is 20.1 Å². The van der Waals surface area contributed by atoms with Gasteiger partial charge in [-0.2, -0.15) is 0 Å². The Hall–Kier alpha value is -1.19. The molecule has 0 aromatic heterocycles. The van der Waals surface area contributed by atoms with Crippen molar-refractivity contribution in [1.29, 1.82) is 0 Å². The third-order valence-corrected chi connectivity index (χ3v) is 1.91. The molecule has 0 amide bonds. The molecule has 0 rings (SSSR count). The number of methoxy groups -OCH3 is 2. The molecule has 0 aliphatic rings. The van der Waals surface area contributed by atoms with Crippen LogP contribution in [0.2, 0.25) is 0 Å².